The van der Waals surface area contributed by atoms with E-state index in [0.717, 1.165) is 55.3 Å². The Labute approximate surface area is 149 Å². The molecule has 1 aromatic rings. The van der Waals surface area contributed by atoms with Gasteiger partial charge in [0, 0.05) is 18.6 Å². The van der Waals surface area contributed by atoms with Gasteiger partial charge in [0.05, 0.1) is 5.69 Å². The molecule has 5 nitrogen and oxygen atoms in total. The van der Waals surface area contributed by atoms with Crippen LogP contribution in [0.1, 0.15) is 67.7 Å². The fraction of sp³-hybridized carbons (Fsp3) is 0.833. The minimum absolute atomic E-state index is 0.0695. The minimum Gasteiger partial charge on any atom is -0.332 e. The third kappa shape index (κ3) is 3.64. The summed E-state index contributed by atoms with van der Waals surface area (Å²) < 4.78 is 3.96. The van der Waals surface area contributed by atoms with Crippen LogP contribution < -0.4 is 0 Å². The molecule has 0 radical (unpaired) electrons. The first-order valence-electron chi connectivity index (χ1n) is 9.35. The second-order valence-electron chi connectivity index (χ2n) is 7.85. The molecular formula is C18H30N4OS. The van der Waals surface area contributed by atoms with Crippen molar-refractivity contribution >= 4 is 17.4 Å². The molecule has 0 aromatic carbocycles. The van der Waals surface area contributed by atoms with E-state index in [-0.39, 0.29) is 11.4 Å². The monoisotopic (exact) mass is 350 g/mol. The second-order valence-corrected chi connectivity index (χ2v) is 8.60. The molecule has 2 aliphatic heterocycles. The van der Waals surface area contributed by atoms with Gasteiger partial charge in [-0.25, -0.2) is 0 Å². The summed E-state index contributed by atoms with van der Waals surface area (Å²) in [6.45, 7) is 10.9. The van der Waals surface area contributed by atoms with Gasteiger partial charge in [0.15, 0.2) is 0 Å². The van der Waals surface area contributed by atoms with Crippen molar-refractivity contribution in [1.82, 2.24) is 19.4 Å². The number of rotatable bonds is 4. The lowest BCUT2D eigenvalue weighted by molar-refractivity contribution is 0.0562. The van der Waals surface area contributed by atoms with E-state index in [1.54, 1.807) is 0 Å². The third-order valence-electron chi connectivity index (χ3n) is 5.72. The van der Waals surface area contributed by atoms with Gasteiger partial charge in [-0.15, -0.1) is 5.10 Å². The maximum Gasteiger partial charge on any atom is 0.267 e. The second kappa shape index (κ2) is 7.48. The number of carbonyl (C=O) groups is 1. The normalized spacial score (nSPS) is 25.6. The van der Waals surface area contributed by atoms with E-state index in [9.17, 15) is 4.79 Å². The predicted molar refractivity (Wildman–Crippen MR) is 97.4 cm³/mol. The highest BCUT2D eigenvalue weighted by Crippen LogP contribution is 2.39. The average molecular weight is 351 g/mol. The molecule has 3 rings (SSSR count). The molecule has 2 saturated heterocycles. The Morgan fingerprint density at radius 2 is 1.96 bits per heavy atom. The average Bonchev–Trinajstić information content (AvgIpc) is 3.09. The van der Waals surface area contributed by atoms with Crippen LogP contribution >= 0.6 is 11.5 Å². The van der Waals surface area contributed by atoms with Gasteiger partial charge in [-0.05, 0) is 76.0 Å². The minimum atomic E-state index is 0.0695. The summed E-state index contributed by atoms with van der Waals surface area (Å²) in [5, 5.41) is 4.03. The molecule has 2 aliphatic rings. The molecule has 1 spiro atoms. The fourth-order valence-electron chi connectivity index (χ4n) is 4.22. The van der Waals surface area contributed by atoms with Crippen LogP contribution in [0.3, 0.4) is 0 Å². The number of aromatic nitrogens is 2. The van der Waals surface area contributed by atoms with Crippen LogP contribution in [0.4, 0.5) is 0 Å². The van der Waals surface area contributed by atoms with Crippen molar-refractivity contribution in [3.8, 4) is 0 Å². The first-order valence-corrected chi connectivity index (χ1v) is 10.1. The number of amides is 1. The van der Waals surface area contributed by atoms with Gasteiger partial charge >= 0.3 is 0 Å². The van der Waals surface area contributed by atoms with Gasteiger partial charge in [0.25, 0.3) is 5.91 Å². The van der Waals surface area contributed by atoms with Crippen LogP contribution in [-0.2, 0) is 0 Å². The quantitative estimate of drug-likeness (QED) is 0.835. The SMILES string of the molecule is Cc1nnsc1C(=O)N1CCC[C@@]12CCCN(CCC(C)C)CC2. The molecule has 0 N–H and O–H groups in total. The van der Waals surface area contributed by atoms with E-state index >= 15 is 0 Å². The van der Waals surface area contributed by atoms with Gasteiger partial charge in [0.2, 0.25) is 0 Å². The summed E-state index contributed by atoms with van der Waals surface area (Å²) in [4.78, 5) is 18.6. The molecule has 134 valence electrons. The van der Waals surface area contributed by atoms with Crippen molar-refractivity contribution in [1.29, 1.82) is 0 Å². The summed E-state index contributed by atoms with van der Waals surface area (Å²) in [5.41, 5.74) is 0.847. The molecule has 2 fully saturated rings. The van der Waals surface area contributed by atoms with Gasteiger partial charge in [0.1, 0.15) is 4.88 Å². The molecule has 24 heavy (non-hydrogen) atoms. The molecular weight excluding hydrogens is 320 g/mol. The van der Waals surface area contributed by atoms with Gasteiger partial charge in [-0.3, -0.25) is 4.79 Å². The van der Waals surface area contributed by atoms with Crippen LogP contribution in [0.15, 0.2) is 0 Å². The Hall–Kier alpha value is -1.01. The van der Waals surface area contributed by atoms with E-state index in [2.05, 4.69) is 33.2 Å². The van der Waals surface area contributed by atoms with Crippen molar-refractivity contribution in [2.45, 2.75) is 64.8 Å². The van der Waals surface area contributed by atoms with Crippen LogP contribution in [0.25, 0.3) is 0 Å². The van der Waals surface area contributed by atoms with Crippen molar-refractivity contribution in [3.63, 3.8) is 0 Å². The largest absolute Gasteiger partial charge is 0.332 e. The lowest BCUT2D eigenvalue weighted by atomic mass is 9.87. The van der Waals surface area contributed by atoms with Gasteiger partial charge < -0.3 is 9.80 Å². The van der Waals surface area contributed by atoms with E-state index < -0.39 is 0 Å². The molecule has 0 bridgehead atoms. The number of likely N-dealkylation sites (tertiary alicyclic amines) is 2. The predicted octanol–water partition coefficient (Wildman–Crippen LogP) is 3.35. The number of aryl methyl sites for hydroxylation is 1. The molecule has 1 aromatic heterocycles. The Morgan fingerprint density at radius 1 is 1.21 bits per heavy atom. The third-order valence-corrected chi connectivity index (χ3v) is 6.54. The molecule has 3 heterocycles. The van der Waals surface area contributed by atoms with Crippen molar-refractivity contribution < 1.29 is 4.79 Å². The molecule has 6 heteroatoms. The maximum atomic E-state index is 13.1. The topological polar surface area (TPSA) is 49.3 Å². The zero-order valence-electron chi connectivity index (χ0n) is 15.3. The molecule has 1 atom stereocenters. The zero-order chi connectivity index (χ0) is 17.2. The van der Waals surface area contributed by atoms with E-state index in [0.29, 0.717) is 0 Å². The summed E-state index contributed by atoms with van der Waals surface area (Å²) in [5.74, 6) is 0.921. The summed E-state index contributed by atoms with van der Waals surface area (Å²) >= 11 is 1.25. The highest BCUT2D eigenvalue weighted by molar-refractivity contribution is 7.07. The standard InChI is InChI=1S/C18H30N4OS/c1-14(2)6-12-21-10-4-7-18(9-13-21)8-5-11-22(18)17(23)16-15(3)19-20-24-16/h14H,4-13H2,1-3H3/t18-/m1/s1. The molecule has 1 amide bonds. The summed E-state index contributed by atoms with van der Waals surface area (Å²) in [7, 11) is 0. The lowest BCUT2D eigenvalue weighted by Crippen LogP contribution is -2.48. The molecule has 0 saturated carbocycles. The molecule has 0 unspecified atom stereocenters. The lowest BCUT2D eigenvalue weighted by Gasteiger charge is -2.38. The van der Waals surface area contributed by atoms with Gasteiger partial charge in [-0.2, -0.15) is 0 Å². The Bertz CT molecular complexity index is 573. The maximum absolute atomic E-state index is 13.1. The first kappa shape index (κ1) is 17.8. The number of nitrogens with zero attached hydrogens (tertiary/aromatic N) is 4. The molecule has 0 aliphatic carbocycles. The van der Waals surface area contributed by atoms with Crippen molar-refractivity contribution in [3.05, 3.63) is 10.6 Å². The van der Waals surface area contributed by atoms with Crippen molar-refractivity contribution in [2.75, 3.05) is 26.2 Å². The number of carbonyl (C=O) groups excluding carboxylic acids is 1. The van der Waals surface area contributed by atoms with E-state index in [4.69, 9.17) is 0 Å². The number of hydrogen-bond donors (Lipinski definition) is 0. The Kier molecular flexibility index (Phi) is 5.55. The fourth-order valence-corrected chi connectivity index (χ4v) is 4.83. The highest BCUT2D eigenvalue weighted by atomic mass is 32.1. The van der Waals surface area contributed by atoms with Crippen molar-refractivity contribution in [2.24, 2.45) is 5.92 Å². The smallest absolute Gasteiger partial charge is 0.267 e. The van der Waals surface area contributed by atoms with Crippen LogP contribution in [0.5, 0.6) is 0 Å². The van der Waals surface area contributed by atoms with E-state index in [1.807, 2.05) is 6.92 Å². The Balaban J connectivity index is 1.70. The summed E-state index contributed by atoms with van der Waals surface area (Å²) in [6, 6.07) is 0. The van der Waals surface area contributed by atoms with Crippen LogP contribution in [0.2, 0.25) is 0 Å². The first-order chi connectivity index (χ1) is 11.5. The number of hydrogen-bond acceptors (Lipinski definition) is 5. The summed E-state index contributed by atoms with van der Waals surface area (Å²) in [6.07, 6.45) is 7.00. The van der Waals surface area contributed by atoms with Crippen LogP contribution in [-0.4, -0.2) is 57.0 Å². The van der Waals surface area contributed by atoms with Gasteiger partial charge in [-0.1, -0.05) is 18.3 Å². The highest BCUT2D eigenvalue weighted by Gasteiger charge is 2.44. The Morgan fingerprint density at radius 3 is 2.62 bits per heavy atom. The van der Waals surface area contributed by atoms with Crippen LogP contribution in [0, 0.1) is 12.8 Å². The zero-order valence-corrected chi connectivity index (χ0v) is 16.1. The van der Waals surface area contributed by atoms with E-state index in [1.165, 1.54) is 37.5 Å².